The predicted molar refractivity (Wildman–Crippen MR) is 47.1 cm³/mol. The van der Waals surface area contributed by atoms with Gasteiger partial charge in [0.2, 0.25) is 0 Å². The quantitative estimate of drug-likeness (QED) is 0.578. The van der Waals surface area contributed by atoms with Gasteiger partial charge in [-0.15, -0.1) is 0 Å². The van der Waals surface area contributed by atoms with Gasteiger partial charge < -0.3 is 4.74 Å². The number of ether oxygens (including phenoxy) is 1. The minimum absolute atomic E-state index is 0.169. The van der Waals surface area contributed by atoms with Crippen LogP contribution in [0.25, 0.3) is 0 Å². The van der Waals surface area contributed by atoms with E-state index in [2.05, 4.69) is 5.70 Å². The second-order valence-corrected chi connectivity index (χ2v) is 4.69. The van der Waals surface area contributed by atoms with E-state index in [1.165, 1.54) is 19.3 Å². The molecular formula is C7H13ClOSi. The number of hydrogen-bond donors (Lipinski definition) is 0. The third kappa shape index (κ3) is 2.86. The molecule has 0 aromatic heterocycles. The maximum Gasteiger partial charge on any atom is 0.0807 e. The third-order valence-corrected chi connectivity index (χ3v) is 3.92. The minimum atomic E-state index is -0.169. The Labute approximate surface area is 69.2 Å². The number of rotatable bonds is 2. The Balaban J connectivity index is 2.13. The Kier molecular flexibility index (Phi) is 4.10. The van der Waals surface area contributed by atoms with Crippen molar-refractivity contribution in [2.45, 2.75) is 25.0 Å². The maximum atomic E-state index is 5.53. The van der Waals surface area contributed by atoms with E-state index >= 15 is 0 Å². The van der Waals surface area contributed by atoms with E-state index in [0.29, 0.717) is 5.73 Å². The third-order valence-electron chi connectivity index (χ3n) is 1.76. The molecule has 0 spiro atoms. The number of hydrogen-bond acceptors (Lipinski definition) is 1. The van der Waals surface area contributed by atoms with Crippen molar-refractivity contribution in [1.29, 1.82) is 0 Å². The molecule has 1 rings (SSSR count). The van der Waals surface area contributed by atoms with Gasteiger partial charge in [-0.3, -0.25) is 0 Å². The molecular weight excluding hydrogens is 164 g/mol. The summed E-state index contributed by atoms with van der Waals surface area (Å²) in [7, 11) is -0.169. The van der Waals surface area contributed by atoms with Crippen molar-refractivity contribution >= 4 is 21.1 Å². The highest BCUT2D eigenvalue weighted by Gasteiger charge is 2.11. The summed E-state index contributed by atoms with van der Waals surface area (Å²) >= 11 is 5.42. The van der Waals surface area contributed by atoms with Crippen LogP contribution in [0, 0.1) is 0 Å². The molecule has 10 heavy (non-hydrogen) atoms. The van der Waals surface area contributed by atoms with Crippen LogP contribution in [0.4, 0.5) is 0 Å². The summed E-state index contributed by atoms with van der Waals surface area (Å²) < 4.78 is 5.53. The largest absolute Gasteiger partial charge is 0.382 e. The van der Waals surface area contributed by atoms with Gasteiger partial charge in [-0.2, -0.15) is 0 Å². The molecule has 58 valence electrons. The number of halogens is 1. The lowest BCUT2D eigenvalue weighted by atomic mass is 10.2. The zero-order chi connectivity index (χ0) is 7.23. The normalized spacial score (nSPS) is 28.7. The molecule has 1 aliphatic heterocycles. The van der Waals surface area contributed by atoms with Crippen LogP contribution < -0.4 is 0 Å². The molecule has 0 saturated carbocycles. The monoisotopic (exact) mass is 176 g/mol. The summed E-state index contributed by atoms with van der Waals surface area (Å²) in [6.07, 6.45) is 3.84. The predicted octanol–water partition coefficient (Wildman–Crippen LogP) is 1.39. The topological polar surface area (TPSA) is 9.23 Å². The summed E-state index contributed by atoms with van der Waals surface area (Å²) in [6, 6.07) is 0. The maximum absolute atomic E-state index is 5.53. The van der Waals surface area contributed by atoms with Crippen LogP contribution in [0.3, 0.4) is 0 Å². The molecule has 0 aliphatic carbocycles. The van der Waals surface area contributed by atoms with E-state index in [1.54, 1.807) is 5.54 Å². The van der Waals surface area contributed by atoms with E-state index in [-0.39, 0.29) is 9.52 Å². The molecule has 0 bridgehead atoms. The summed E-state index contributed by atoms with van der Waals surface area (Å²) in [5.41, 5.74) is 4.30. The van der Waals surface area contributed by atoms with Crippen molar-refractivity contribution in [3.05, 3.63) is 11.2 Å². The van der Waals surface area contributed by atoms with Crippen molar-refractivity contribution in [1.82, 2.24) is 0 Å². The van der Waals surface area contributed by atoms with Gasteiger partial charge in [0.25, 0.3) is 0 Å². The zero-order valence-electron chi connectivity index (χ0n) is 6.05. The van der Waals surface area contributed by atoms with Crippen LogP contribution in [0.15, 0.2) is 11.2 Å². The van der Waals surface area contributed by atoms with Crippen LogP contribution >= 0.6 is 11.6 Å². The second-order valence-electron chi connectivity index (χ2n) is 2.59. The van der Waals surface area contributed by atoms with Crippen LogP contribution in [-0.4, -0.2) is 21.9 Å². The molecule has 0 N–H and O–H groups in total. The molecule has 0 aromatic carbocycles. The van der Waals surface area contributed by atoms with Gasteiger partial charge in [-0.25, -0.2) is 0 Å². The van der Waals surface area contributed by atoms with E-state index in [1.807, 2.05) is 0 Å². The average molecular weight is 177 g/mol. The smallest absolute Gasteiger partial charge is 0.0807 e. The summed E-state index contributed by atoms with van der Waals surface area (Å²) in [4.78, 5) is 0. The zero-order valence-corrected chi connectivity index (χ0v) is 8.22. The molecule has 1 saturated heterocycles. The van der Waals surface area contributed by atoms with Gasteiger partial charge in [0.05, 0.1) is 9.52 Å². The molecule has 1 atom stereocenters. The molecule has 1 nitrogen and oxygen atoms in total. The van der Waals surface area contributed by atoms with Crippen molar-refractivity contribution in [3.63, 3.8) is 0 Å². The molecule has 3 heteroatoms. The van der Waals surface area contributed by atoms with Crippen LogP contribution in [0.1, 0.15) is 19.3 Å². The molecule has 1 aliphatic rings. The second kappa shape index (κ2) is 4.94. The van der Waals surface area contributed by atoms with E-state index in [9.17, 15) is 0 Å². The molecule has 0 radical (unpaired) electrons. The molecule has 0 aromatic rings. The first-order valence-corrected chi connectivity index (χ1v) is 5.87. The fourth-order valence-electron chi connectivity index (χ4n) is 1.20. The van der Waals surface area contributed by atoms with Crippen LogP contribution in [-0.2, 0) is 4.74 Å². The summed E-state index contributed by atoms with van der Waals surface area (Å²) in [6.45, 7) is 0.966. The lowest BCUT2D eigenvalue weighted by Crippen LogP contribution is -2.24. The Bertz CT molecular complexity index is 110. The van der Waals surface area contributed by atoms with E-state index in [4.69, 9.17) is 16.3 Å². The van der Waals surface area contributed by atoms with Crippen molar-refractivity contribution in [3.8, 4) is 0 Å². The fourth-order valence-corrected chi connectivity index (χ4v) is 2.74. The molecule has 0 amide bonds. The first-order valence-electron chi connectivity index (χ1n) is 3.80. The van der Waals surface area contributed by atoms with Crippen molar-refractivity contribution in [2.75, 3.05) is 6.61 Å². The lowest BCUT2D eigenvalue weighted by Gasteiger charge is -2.20. The van der Waals surface area contributed by atoms with Crippen molar-refractivity contribution in [2.24, 2.45) is 0 Å². The first-order chi connectivity index (χ1) is 4.93. The van der Waals surface area contributed by atoms with Crippen molar-refractivity contribution < 1.29 is 4.74 Å². The highest BCUT2D eigenvalue weighted by molar-refractivity contribution is 6.46. The van der Waals surface area contributed by atoms with Gasteiger partial charge in [0.15, 0.2) is 0 Å². The summed E-state index contributed by atoms with van der Waals surface area (Å²) in [5.74, 6) is 0. The van der Waals surface area contributed by atoms with E-state index < -0.39 is 0 Å². The molecule has 1 unspecified atom stereocenters. The minimum Gasteiger partial charge on any atom is -0.382 e. The highest BCUT2D eigenvalue weighted by Crippen LogP contribution is 2.11. The Hall–Kier alpha value is 0.207. The fraction of sp³-hybridized carbons (Fsp3) is 0.714. The lowest BCUT2D eigenvalue weighted by molar-refractivity contribution is 0.0659. The Morgan fingerprint density at radius 3 is 3.00 bits per heavy atom. The Morgan fingerprint density at radius 1 is 1.50 bits per heavy atom. The van der Waals surface area contributed by atoms with Crippen LogP contribution in [0.5, 0.6) is 0 Å². The molecule has 1 fully saturated rings. The van der Waals surface area contributed by atoms with E-state index in [0.717, 1.165) is 6.61 Å². The van der Waals surface area contributed by atoms with Gasteiger partial charge in [0, 0.05) is 12.3 Å². The summed E-state index contributed by atoms with van der Waals surface area (Å²) in [5, 5.41) is 0. The van der Waals surface area contributed by atoms with Crippen LogP contribution in [0.2, 0.25) is 0 Å². The standard InChI is InChI=1S/C7H13ClOSi/c8-4-6-10-7-3-1-2-5-9-7/h4,6-7H,1-3,5,10H2. The van der Waals surface area contributed by atoms with Gasteiger partial charge in [0.1, 0.15) is 0 Å². The SMILES string of the molecule is ClC=C[SiH2]C1CCCCO1. The van der Waals surface area contributed by atoms with Gasteiger partial charge >= 0.3 is 0 Å². The molecule has 1 heterocycles. The Morgan fingerprint density at radius 2 is 2.40 bits per heavy atom. The average Bonchev–Trinajstić information content (AvgIpc) is 2.03. The highest BCUT2D eigenvalue weighted by atomic mass is 35.5. The van der Waals surface area contributed by atoms with Gasteiger partial charge in [-0.05, 0) is 24.8 Å². The van der Waals surface area contributed by atoms with Gasteiger partial charge in [-0.1, -0.05) is 17.3 Å². The first kappa shape index (κ1) is 8.30.